The van der Waals surface area contributed by atoms with Gasteiger partial charge in [0.05, 0.1) is 5.69 Å². The Labute approximate surface area is 153 Å². The van der Waals surface area contributed by atoms with Crippen molar-refractivity contribution in [1.82, 2.24) is 4.98 Å². The average Bonchev–Trinajstić information content (AvgIpc) is 2.59. The Morgan fingerprint density at radius 1 is 0.846 bits per heavy atom. The molecule has 0 radical (unpaired) electrons. The summed E-state index contributed by atoms with van der Waals surface area (Å²) in [5.74, 6) is 0.122. The fraction of sp³-hybridized carbons (Fsp3) is 0.208. The predicted octanol–water partition coefficient (Wildman–Crippen LogP) is 6.93. The van der Waals surface area contributed by atoms with Crippen molar-refractivity contribution in [2.45, 2.75) is 33.6 Å². The van der Waals surface area contributed by atoms with Crippen molar-refractivity contribution in [3.05, 3.63) is 77.2 Å². The third kappa shape index (κ3) is 2.76. The lowest BCUT2D eigenvalue weighted by atomic mass is 9.90. The van der Waals surface area contributed by atoms with Crippen molar-refractivity contribution < 1.29 is 4.39 Å². The predicted molar refractivity (Wildman–Crippen MR) is 108 cm³/mol. The molecule has 0 aliphatic rings. The molecule has 0 saturated heterocycles. The number of benzene rings is 3. The van der Waals surface area contributed by atoms with Gasteiger partial charge in [-0.05, 0) is 71.8 Å². The standard InChI is InChI=1S/C24H22FN/c1-14(2)21-12-17-7-8-26-24(18-10-15(3)9-16(4)11-18)23(17)20-6-5-19(25)13-22(20)21/h5-14H,1-4H3. The molecular formula is C24H22FN. The summed E-state index contributed by atoms with van der Waals surface area (Å²) in [5, 5.41) is 4.29. The Balaban J connectivity index is 2.17. The van der Waals surface area contributed by atoms with Crippen LogP contribution in [0.2, 0.25) is 0 Å². The molecule has 0 amide bonds. The topological polar surface area (TPSA) is 12.9 Å². The summed E-state index contributed by atoms with van der Waals surface area (Å²) in [6.07, 6.45) is 1.87. The molecule has 0 unspecified atom stereocenters. The number of fused-ring (bicyclic) bond motifs is 3. The maximum atomic E-state index is 14.0. The molecule has 2 heteroatoms. The Bertz CT molecular complexity index is 1120. The first-order valence-corrected chi connectivity index (χ1v) is 9.03. The highest BCUT2D eigenvalue weighted by atomic mass is 19.1. The molecule has 1 aromatic heterocycles. The second-order valence-electron chi connectivity index (χ2n) is 7.44. The first-order chi connectivity index (χ1) is 12.4. The zero-order valence-corrected chi connectivity index (χ0v) is 15.6. The SMILES string of the molecule is Cc1cc(C)cc(-c2nccc3cc(C(C)C)c4cc(F)ccc4c23)c1. The molecule has 0 aliphatic carbocycles. The van der Waals surface area contributed by atoms with Crippen LogP contribution in [0.1, 0.15) is 36.5 Å². The van der Waals surface area contributed by atoms with Gasteiger partial charge in [0.2, 0.25) is 0 Å². The van der Waals surface area contributed by atoms with Crippen LogP contribution >= 0.6 is 0 Å². The lowest BCUT2D eigenvalue weighted by Gasteiger charge is -2.16. The lowest BCUT2D eigenvalue weighted by Crippen LogP contribution is -1.95. The highest BCUT2D eigenvalue weighted by Gasteiger charge is 2.15. The van der Waals surface area contributed by atoms with E-state index in [0.717, 1.165) is 32.8 Å². The quantitative estimate of drug-likeness (QED) is 0.359. The van der Waals surface area contributed by atoms with E-state index in [-0.39, 0.29) is 5.82 Å². The van der Waals surface area contributed by atoms with Crippen LogP contribution in [0.3, 0.4) is 0 Å². The van der Waals surface area contributed by atoms with Gasteiger partial charge in [0.25, 0.3) is 0 Å². The van der Waals surface area contributed by atoms with Gasteiger partial charge in [0.15, 0.2) is 0 Å². The Kier molecular flexibility index (Phi) is 3.99. The number of aromatic nitrogens is 1. The lowest BCUT2D eigenvalue weighted by molar-refractivity contribution is 0.629. The number of halogens is 1. The number of hydrogen-bond donors (Lipinski definition) is 0. The second kappa shape index (κ2) is 6.21. The highest BCUT2D eigenvalue weighted by Crippen LogP contribution is 2.37. The molecule has 3 aromatic carbocycles. The van der Waals surface area contributed by atoms with Gasteiger partial charge in [-0.3, -0.25) is 4.98 Å². The third-order valence-electron chi connectivity index (χ3n) is 4.97. The van der Waals surface area contributed by atoms with E-state index in [1.54, 1.807) is 12.1 Å². The summed E-state index contributed by atoms with van der Waals surface area (Å²) in [7, 11) is 0. The van der Waals surface area contributed by atoms with E-state index < -0.39 is 0 Å². The summed E-state index contributed by atoms with van der Waals surface area (Å²) < 4.78 is 14.0. The van der Waals surface area contributed by atoms with Crippen LogP contribution in [0.5, 0.6) is 0 Å². The summed E-state index contributed by atoms with van der Waals surface area (Å²) in [6, 6.07) is 15.8. The summed E-state index contributed by atoms with van der Waals surface area (Å²) in [6.45, 7) is 8.51. The molecule has 0 spiro atoms. The summed E-state index contributed by atoms with van der Waals surface area (Å²) >= 11 is 0. The van der Waals surface area contributed by atoms with Gasteiger partial charge in [-0.15, -0.1) is 0 Å². The molecule has 0 saturated carbocycles. The van der Waals surface area contributed by atoms with E-state index >= 15 is 0 Å². The molecule has 130 valence electrons. The van der Waals surface area contributed by atoms with Gasteiger partial charge in [-0.1, -0.05) is 43.2 Å². The van der Waals surface area contributed by atoms with E-state index in [9.17, 15) is 4.39 Å². The number of pyridine rings is 1. The molecule has 0 aliphatic heterocycles. The van der Waals surface area contributed by atoms with Gasteiger partial charge in [0.1, 0.15) is 5.82 Å². The van der Waals surface area contributed by atoms with Crippen molar-refractivity contribution in [2.75, 3.05) is 0 Å². The molecular weight excluding hydrogens is 321 g/mol. The van der Waals surface area contributed by atoms with Crippen molar-refractivity contribution in [3.63, 3.8) is 0 Å². The number of hydrogen-bond acceptors (Lipinski definition) is 1. The molecule has 1 nitrogen and oxygen atoms in total. The molecule has 0 fully saturated rings. The molecule has 0 atom stereocenters. The minimum atomic E-state index is -0.199. The van der Waals surface area contributed by atoms with Crippen molar-refractivity contribution in [1.29, 1.82) is 0 Å². The molecule has 0 bridgehead atoms. The van der Waals surface area contributed by atoms with Crippen LogP contribution in [0.25, 0.3) is 32.8 Å². The zero-order chi connectivity index (χ0) is 18.4. The van der Waals surface area contributed by atoms with E-state index in [1.807, 2.05) is 12.3 Å². The minimum absolute atomic E-state index is 0.199. The van der Waals surface area contributed by atoms with Crippen LogP contribution in [0.15, 0.2) is 54.7 Å². The summed E-state index contributed by atoms with van der Waals surface area (Å²) in [5.41, 5.74) is 5.67. The van der Waals surface area contributed by atoms with E-state index in [2.05, 4.69) is 58.0 Å². The first kappa shape index (κ1) is 16.7. The van der Waals surface area contributed by atoms with Gasteiger partial charge >= 0.3 is 0 Å². The second-order valence-corrected chi connectivity index (χ2v) is 7.44. The van der Waals surface area contributed by atoms with Gasteiger partial charge in [-0.2, -0.15) is 0 Å². The normalized spacial score (nSPS) is 11.6. The molecule has 4 rings (SSSR count). The van der Waals surface area contributed by atoms with Gasteiger partial charge in [-0.25, -0.2) is 4.39 Å². The van der Waals surface area contributed by atoms with Crippen molar-refractivity contribution in [3.8, 4) is 11.3 Å². The van der Waals surface area contributed by atoms with Gasteiger partial charge in [0, 0.05) is 17.1 Å². The average molecular weight is 343 g/mol. The first-order valence-electron chi connectivity index (χ1n) is 9.03. The number of rotatable bonds is 2. The molecule has 4 aromatic rings. The summed E-state index contributed by atoms with van der Waals surface area (Å²) in [4.78, 5) is 4.71. The van der Waals surface area contributed by atoms with E-state index in [4.69, 9.17) is 4.98 Å². The Morgan fingerprint density at radius 3 is 2.27 bits per heavy atom. The highest BCUT2D eigenvalue weighted by molar-refractivity contribution is 6.14. The smallest absolute Gasteiger partial charge is 0.123 e. The van der Waals surface area contributed by atoms with Crippen molar-refractivity contribution in [2.24, 2.45) is 0 Å². The number of nitrogens with zero attached hydrogens (tertiary/aromatic N) is 1. The fourth-order valence-electron chi connectivity index (χ4n) is 3.91. The zero-order valence-electron chi connectivity index (χ0n) is 15.6. The van der Waals surface area contributed by atoms with Crippen LogP contribution in [-0.4, -0.2) is 4.98 Å². The van der Waals surface area contributed by atoms with E-state index in [1.165, 1.54) is 16.7 Å². The van der Waals surface area contributed by atoms with Crippen LogP contribution in [0.4, 0.5) is 4.39 Å². The van der Waals surface area contributed by atoms with Crippen LogP contribution in [0, 0.1) is 19.7 Å². The number of aryl methyl sites for hydroxylation is 2. The van der Waals surface area contributed by atoms with Crippen molar-refractivity contribution >= 4 is 21.5 Å². The van der Waals surface area contributed by atoms with Gasteiger partial charge < -0.3 is 0 Å². The minimum Gasteiger partial charge on any atom is -0.256 e. The fourth-order valence-corrected chi connectivity index (χ4v) is 3.91. The third-order valence-corrected chi connectivity index (χ3v) is 4.97. The van der Waals surface area contributed by atoms with Crippen LogP contribution < -0.4 is 0 Å². The van der Waals surface area contributed by atoms with Crippen LogP contribution in [-0.2, 0) is 0 Å². The van der Waals surface area contributed by atoms with E-state index in [0.29, 0.717) is 5.92 Å². The molecule has 0 N–H and O–H groups in total. The molecule has 1 heterocycles. The largest absolute Gasteiger partial charge is 0.256 e. The Morgan fingerprint density at radius 2 is 1.58 bits per heavy atom. The maximum absolute atomic E-state index is 14.0. The Hall–Kier alpha value is -2.74. The monoisotopic (exact) mass is 343 g/mol. The molecule has 26 heavy (non-hydrogen) atoms. The maximum Gasteiger partial charge on any atom is 0.123 e.